The SMILES string of the molecule is CCCCN(CCCC)c1nc(Nc2ccc([N+](=O)[O-])cc2)[nH]c(=O)n1. The lowest BCUT2D eigenvalue weighted by atomic mass is 10.3. The maximum atomic E-state index is 11.9. The summed E-state index contributed by atoms with van der Waals surface area (Å²) >= 11 is 0. The zero-order valence-corrected chi connectivity index (χ0v) is 15.1. The molecule has 140 valence electrons. The molecule has 9 nitrogen and oxygen atoms in total. The minimum Gasteiger partial charge on any atom is -0.341 e. The van der Waals surface area contributed by atoms with E-state index in [1.165, 1.54) is 12.1 Å². The number of aromatic amines is 1. The van der Waals surface area contributed by atoms with Gasteiger partial charge in [0.25, 0.3) is 5.69 Å². The highest BCUT2D eigenvalue weighted by molar-refractivity contribution is 5.56. The number of rotatable bonds is 10. The van der Waals surface area contributed by atoms with Gasteiger partial charge in [0.1, 0.15) is 0 Å². The van der Waals surface area contributed by atoms with Crippen LogP contribution in [-0.4, -0.2) is 33.0 Å². The van der Waals surface area contributed by atoms with Crippen LogP contribution in [0.15, 0.2) is 29.1 Å². The van der Waals surface area contributed by atoms with E-state index in [2.05, 4.69) is 34.1 Å². The number of nitro benzene ring substituents is 1. The highest BCUT2D eigenvalue weighted by atomic mass is 16.6. The highest BCUT2D eigenvalue weighted by Crippen LogP contribution is 2.18. The normalized spacial score (nSPS) is 10.5. The molecule has 1 heterocycles. The molecule has 2 aromatic rings. The second-order valence-corrected chi connectivity index (χ2v) is 5.93. The largest absolute Gasteiger partial charge is 0.351 e. The van der Waals surface area contributed by atoms with E-state index in [0.29, 0.717) is 11.6 Å². The number of aromatic nitrogens is 3. The van der Waals surface area contributed by atoms with Gasteiger partial charge in [-0.1, -0.05) is 26.7 Å². The van der Waals surface area contributed by atoms with E-state index in [0.717, 1.165) is 38.8 Å². The number of anilines is 3. The van der Waals surface area contributed by atoms with Crippen molar-refractivity contribution in [3.05, 3.63) is 44.9 Å². The molecule has 2 rings (SSSR count). The van der Waals surface area contributed by atoms with Crippen LogP contribution in [0.4, 0.5) is 23.3 Å². The molecule has 0 aliphatic heterocycles. The Labute approximate surface area is 151 Å². The first-order valence-corrected chi connectivity index (χ1v) is 8.78. The molecule has 0 radical (unpaired) electrons. The lowest BCUT2D eigenvalue weighted by Gasteiger charge is -2.22. The van der Waals surface area contributed by atoms with Gasteiger partial charge in [-0.25, -0.2) is 4.79 Å². The third kappa shape index (κ3) is 5.54. The zero-order valence-electron chi connectivity index (χ0n) is 15.1. The van der Waals surface area contributed by atoms with E-state index < -0.39 is 10.6 Å². The summed E-state index contributed by atoms with van der Waals surface area (Å²) < 4.78 is 0. The topological polar surface area (TPSA) is 117 Å². The number of nitrogens with zero attached hydrogens (tertiary/aromatic N) is 4. The minimum absolute atomic E-state index is 0.00211. The fourth-order valence-electron chi connectivity index (χ4n) is 2.39. The van der Waals surface area contributed by atoms with Crippen LogP contribution < -0.4 is 15.9 Å². The quantitative estimate of drug-likeness (QED) is 0.493. The van der Waals surface area contributed by atoms with Crippen molar-refractivity contribution in [2.45, 2.75) is 39.5 Å². The predicted octanol–water partition coefficient (Wildman–Crippen LogP) is 3.22. The van der Waals surface area contributed by atoms with Crippen molar-refractivity contribution in [3.8, 4) is 0 Å². The average molecular weight is 360 g/mol. The van der Waals surface area contributed by atoms with Gasteiger partial charge in [0.15, 0.2) is 0 Å². The number of hydrogen-bond acceptors (Lipinski definition) is 7. The van der Waals surface area contributed by atoms with Crippen LogP contribution in [0.1, 0.15) is 39.5 Å². The van der Waals surface area contributed by atoms with Gasteiger partial charge < -0.3 is 10.2 Å². The molecule has 26 heavy (non-hydrogen) atoms. The van der Waals surface area contributed by atoms with Crippen LogP contribution >= 0.6 is 0 Å². The number of nitrogens with one attached hydrogen (secondary N) is 2. The summed E-state index contributed by atoms with van der Waals surface area (Å²) in [5.74, 6) is 0.645. The summed E-state index contributed by atoms with van der Waals surface area (Å²) in [6, 6.07) is 5.89. The van der Waals surface area contributed by atoms with Crippen molar-refractivity contribution in [2.24, 2.45) is 0 Å². The van der Waals surface area contributed by atoms with Crippen molar-refractivity contribution < 1.29 is 4.92 Å². The third-order valence-corrected chi connectivity index (χ3v) is 3.83. The molecule has 0 bridgehead atoms. The Morgan fingerprint density at radius 2 is 1.73 bits per heavy atom. The van der Waals surface area contributed by atoms with Gasteiger partial charge in [-0.15, -0.1) is 0 Å². The number of hydrogen-bond donors (Lipinski definition) is 2. The van der Waals surface area contributed by atoms with Crippen LogP contribution in [0.5, 0.6) is 0 Å². The maximum absolute atomic E-state index is 11.9. The minimum atomic E-state index is -0.489. The molecule has 0 saturated carbocycles. The van der Waals surface area contributed by atoms with Crippen molar-refractivity contribution in [1.29, 1.82) is 0 Å². The highest BCUT2D eigenvalue weighted by Gasteiger charge is 2.12. The molecule has 9 heteroatoms. The van der Waals surface area contributed by atoms with E-state index in [-0.39, 0.29) is 11.6 Å². The number of unbranched alkanes of at least 4 members (excludes halogenated alkanes) is 2. The lowest BCUT2D eigenvalue weighted by molar-refractivity contribution is -0.384. The van der Waals surface area contributed by atoms with Crippen LogP contribution in [0.25, 0.3) is 0 Å². The van der Waals surface area contributed by atoms with Gasteiger partial charge in [-0.2, -0.15) is 9.97 Å². The smallest absolute Gasteiger partial charge is 0.341 e. The van der Waals surface area contributed by atoms with E-state index in [9.17, 15) is 14.9 Å². The fraction of sp³-hybridized carbons (Fsp3) is 0.471. The first kappa shape index (κ1) is 19.4. The van der Waals surface area contributed by atoms with E-state index in [1.54, 1.807) is 12.1 Å². The number of nitro groups is 1. The third-order valence-electron chi connectivity index (χ3n) is 3.83. The molecule has 0 aliphatic rings. The molecular weight excluding hydrogens is 336 g/mol. The van der Waals surface area contributed by atoms with Crippen LogP contribution in [-0.2, 0) is 0 Å². The Morgan fingerprint density at radius 3 is 2.27 bits per heavy atom. The molecular formula is C17H24N6O3. The van der Waals surface area contributed by atoms with Crippen LogP contribution in [0, 0.1) is 10.1 Å². The van der Waals surface area contributed by atoms with Crippen LogP contribution in [0.3, 0.4) is 0 Å². The summed E-state index contributed by atoms with van der Waals surface area (Å²) in [7, 11) is 0. The van der Waals surface area contributed by atoms with E-state index in [1.807, 2.05) is 4.90 Å². The molecule has 0 amide bonds. The van der Waals surface area contributed by atoms with Gasteiger partial charge in [0.2, 0.25) is 11.9 Å². The molecule has 1 aromatic heterocycles. The second kappa shape index (κ2) is 9.50. The number of H-pyrrole nitrogens is 1. The van der Waals surface area contributed by atoms with E-state index in [4.69, 9.17) is 0 Å². The first-order chi connectivity index (χ1) is 12.5. The van der Waals surface area contributed by atoms with Crippen molar-refractivity contribution in [2.75, 3.05) is 23.3 Å². The fourth-order valence-corrected chi connectivity index (χ4v) is 2.39. The lowest BCUT2D eigenvalue weighted by Crippen LogP contribution is -2.30. The molecule has 0 saturated heterocycles. The van der Waals surface area contributed by atoms with Crippen molar-refractivity contribution >= 4 is 23.3 Å². The summed E-state index contributed by atoms with van der Waals surface area (Å²) in [5.41, 5.74) is 0.0969. The van der Waals surface area contributed by atoms with Crippen molar-refractivity contribution in [3.63, 3.8) is 0 Å². The molecule has 0 unspecified atom stereocenters. The summed E-state index contributed by atoms with van der Waals surface area (Å²) in [6.07, 6.45) is 4.06. The van der Waals surface area contributed by atoms with Gasteiger partial charge in [0, 0.05) is 30.9 Å². The molecule has 0 atom stereocenters. The standard InChI is InChI=1S/C17H24N6O3/c1-3-5-11-22(12-6-4-2)16-19-15(20-17(24)21-16)18-13-7-9-14(10-8-13)23(25)26/h7-10H,3-6,11-12H2,1-2H3,(H2,18,19,20,21,24). The van der Waals surface area contributed by atoms with Gasteiger partial charge in [0.05, 0.1) is 4.92 Å². The number of non-ortho nitro benzene ring substituents is 1. The molecule has 2 N–H and O–H groups in total. The number of benzene rings is 1. The molecule has 0 aliphatic carbocycles. The van der Waals surface area contributed by atoms with Gasteiger partial charge in [-0.05, 0) is 25.0 Å². The molecule has 0 spiro atoms. The Morgan fingerprint density at radius 1 is 1.12 bits per heavy atom. The second-order valence-electron chi connectivity index (χ2n) is 5.93. The average Bonchev–Trinajstić information content (AvgIpc) is 2.62. The van der Waals surface area contributed by atoms with E-state index >= 15 is 0 Å². The molecule has 1 aromatic carbocycles. The Balaban J connectivity index is 2.21. The van der Waals surface area contributed by atoms with Crippen molar-refractivity contribution in [1.82, 2.24) is 15.0 Å². The molecule has 0 fully saturated rings. The Bertz CT molecular complexity index is 767. The van der Waals surface area contributed by atoms with Gasteiger partial charge >= 0.3 is 5.69 Å². The van der Waals surface area contributed by atoms with Crippen LogP contribution in [0.2, 0.25) is 0 Å². The maximum Gasteiger partial charge on any atom is 0.351 e. The predicted molar refractivity (Wildman–Crippen MR) is 101 cm³/mol. The summed E-state index contributed by atoms with van der Waals surface area (Å²) in [4.78, 5) is 35.2. The Hall–Kier alpha value is -2.97. The van der Waals surface area contributed by atoms with Gasteiger partial charge in [-0.3, -0.25) is 15.1 Å². The Kier molecular flexibility index (Phi) is 7.07. The monoisotopic (exact) mass is 360 g/mol. The summed E-state index contributed by atoms with van der Waals surface area (Å²) in [6.45, 7) is 5.80. The summed E-state index contributed by atoms with van der Waals surface area (Å²) in [5, 5.41) is 13.7. The first-order valence-electron chi connectivity index (χ1n) is 8.78. The zero-order chi connectivity index (χ0) is 18.9.